The summed E-state index contributed by atoms with van der Waals surface area (Å²) < 4.78 is 6.11. The molecular formula is C41H40ClN7O7. The van der Waals surface area contributed by atoms with Gasteiger partial charge >= 0.3 is 0 Å². The van der Waals surface area contributed by atoms with Gasteiger partial charge in [0.1, 0.15) is 24.0 Å². The SMILES string of the molecule is CC1(C)[C@@H](Oc2ccc(C#N)c(Cl)c2)CN1C(=O)c1ccc(C(=O)N2CCN(C3CN(c4ccc5c(c4)CC(=O)N(C4CCC(=O)NC4=O)C5=O)C3)CC2)cc1. The summed E-state index contributed by atoms with van der Waals surface area (Å²) in [7, 11) is 0. The lowest BCUT2D eigenvalue weighted by atomic mass is 9.84. The van der Waals surface area contributed by atoms with E-state index in [4.69, 9.17) is 21.6 Å². The van der Waals surface area contributed by atoms with Crippen molar-refractivity contribution in [1.29, 1.82) is 5.26 Å². The van der Waals surface area contributed by atoms with Crippen LogP contribution in [0.1, 0.15) is 68.9 Å². The van der Waals surface area contributed by atoms with Gasteiger partial charge in [-0.3, -0.25) is 43.9 Å². The molecule has 15 heteroatoms. The smallest absolute Gasteiger partial charge is 0.261 e. The van der Waals surface area contributed by atoms with Crippen LogP contribution in [0.25, 0.3) is 0 Å². The Morgan fingerprint density at radius 2 is 1.59 bits per heavy atom. The number of hydrogen-bond acceptors (Lipinski definition) is 10. The Hall–Kier alpha value is -5.78. The highest BCUT2D eigenvalue weighted by molar-refractivity contribution is 6.31. The molecule has 288 valence electrons. The van der Waals surface area contributed by atoms with Crippen LogP contribution in [-0.4, -0.2) is 125 Å². The first-order valence-electron chi connectivity index (χ1n) is 18.7. The molecule has 4 saturated heterocycles. The molecule has 5 aliphatic rings. The van der Waals surface area contributed by atoms with Crippen molar-refractivity contribution in [2.24, 2.45) is 0 Å². The number of imide groups is 2. The first kappa shape index (κ1) is 37.2. The molecule has 3 aromatic carbocycles. The minimum absolute atomic E-state index is 0.00376. The molecule has 0 radical (unpaired) electrons. The van der Waals surface area contributed by atoms with E-state index in [1.54, 1.807) is 53.4 Å². The highest BCUT2D eigenvalue weighted by Gasteiger charge is 2.51. The fraction of sp³-hybridized carbons (Fsp3) is 0.390. The molecule has 4 fully saturated rings. The number of nitrogens with zero attached hydrogens (tertiary/aromatic N) is 6. The number of nitrogens with one attached hydrogen (secondary N) is 1. The van der Waals surface area contributed by atoms with Gasteiger partial charge in [0.2, 0.25) is 17.7 Å². The van der Waals surface area contributed by atoms with Gasteiger partial charge in [-0.15, -0.1) is 0 Å². The summed E-state index contributed by atoms with van der Waals surface area (Å²) in [6.45, 7) is 8.42. The van der Waals surface area contributed by atoms with Crippen molar-refractivity contribution in [3.05, 3.63) is 93.5 Å². The zero-order chi connectivity index (χ0) is 39.5. The number of ether oxygens (including phenoxy) is 1. The number of rotatable bonds is 7. The molecule has 6 amide bonds. The highest BCUT2D eigenvalue weighted by Crippen LogP contribution is 2.36. The number of carbonyl (C=O) groups is 6. The topological polar surface area (TPSA) is 164 Å². The van der Waals surface area contributed by atoms with Crippen LogP contribution >= 0.6 is 11.6 Å². The van der Waals surface area contributed by atoms with Crippen LogP contribution in [0, 0.1) is 11.3 Å². The zero-order valence-electron chi connectivity index (χ0n) is 31.0. The normalized spacial score (nSPS) is 22.5. The number of piperidine rings is 1. The number of amides is 6. The number of carbonyl (C=O) groups excluding carboxylic acids is 6. The molecule has 0 bridgehead atoms. The summed E-state index contributed by atoms with van der Waals surface area (Å²) in [4.78, 5) is 86.3. The number of fused-ring (bicyclic) bond motifs is 1. The monoisotopic (exact) mass is 777 g/mol. The molecule has 3 aromatic rings. The van der Waals surface area contributed by atoms with Gasteiger partial charge in [0.15, 0.2) is 0 Å². The van der Waals surface area contributed by atoms with Gasteiger partial charge in [0.25, 0.3) is 17.7 Å². The summed E-state index contributed by atoms with van der Waals surface area (Å²) in [5.41, 5.74) is 2.73. The summed E-state index contributed by atoms with van der Waals surface area (Å²) in [6, 6.07) is 18.5. The molecule has 5 aliphatic heterocycles. The van der Waals surface area contributed by atoms with E-state index < -0.39 is 35.2 Å². The molecule has 5 heterocycles. The number of likely N-dealkylation sites (tertiary alicyclic amines) is 1. The van der Waals surface area contributed by atoms with Crippen LogP contribution < -0.4 is 15.0 Å². The predicted octanol–water partition coefficient (Wildman–Crippen LogP) is 2.87. The van der Waals surface area contributed by atoms with Crippen LogP contribution in [0.5, 0.6) is 5.75 Å². The van der Waals surface area contributed by atoms with Gasteiger partial charge in [0.05, 0.1) is 29.1 Å². The second-order valence-electron chi connectivity index (χ2n) is 15.4. The van der Waals surface area contributed by atoms with E-state index in [-0.39, 0.29) is 37.2 Å². The van der Waals surface area contributed by atoms with Crippen LogP contribution in [0.3, 0.4) is 0 Å². The molecule has 0 spiro atoms. The number of nitriles is 1. The Kier molecular flexibility index (Phi) is 9.54. The fourth-order valence-corrected chi connectivity index (χ4v) is 8.40. The molecule has 1 N–H and O–H groups in total. The van der Waals surface area contributed by atoms with Crippen LogP contribution in [0.2, 0.25) is 5.02 Å². The Bertz CT molecular complexity index is 2210. The third kappa shape index (κ3) is 6.64. The molecule has 8 rings (SSSR count). The quantitative estimate of drug-likeness (QED) is 0.353. The van der Waals surface area contributed by atoms with E-state index in [9.17, 15) is 28.8 Å². The maximum absolute atomic E-state index is 13.4. The number of benzene rings is 3. The van der Waals surface area contributed by atoms with Gasteiger partial charge in [0, 0.05) is 80.2 Å². The van der Waals surface area contributed by atoms with E-state index in [1.807, 2.05) is 36.9 Å². The largest absolute Gasteiger partial charge is 0.486 e. The Labute approximate surface area is 328 Å². The highest BCUT2D eigenvalue weighted by atomic mass is 35.5. The lowest BCUT2D eigenvalue weighted by molar-refractivity contribution is -0.143. The van der Waals surface area contributed by atoms with E-state index >= 15 is 0 Å². The van der Waals surface area contributed by atoms with Crippen LogP contribution in [0.4, 0.5) is 5.69 Å². The van der Waals surface area contributed by atoms with E-state index in [2.05, 4.69) is 15.1 Å². The summed E-state index contributed by atoms with van der Waals surface area (Å²) in [6.07, 6.45) is -0.0541. The molecule has 0 aromatic heterocycles. The Morgan fingerprint density at radius 3 is 2.23 bits per heavy atom. The molecular weight excluding hydrogens is 738 g/mol. The van der Waals surface area contributed by atoms with Gasteiger partial charge in [-0.2, -0.15) is 5.26 Å². The van der Waals surface area contributed by atoms with Crippen LogP contribution in [-0.2, 0) is 20.8 Å². The standard InChI is InChI=1S/C41H40ClN7O7/c1-41(2)34(56-30-9-7-26(20-43)32(42)19-30)23-48(41)39(54)25-5-3-24(4-6-25)38(53)46-15-13-45(14-16-46)29-21-47(22-29)28-8-10-31-27(17-28)18-36(51)49(40(31)55)33-11-12-35(50)44-37(33)52/h3-10,17,19,29,33-34H,11-16,18,21-23H2,1-2H3,(H,44,50,52)/t33?,34-/m0/s1. The van der Waals surface area contributed by atoms with Gasteiger partial charge in [-0.05, 0) is 80.4 Å². The maximum Gasteiger partial charge on any atom is 0.261 e. The minimum atomic E-state index is -0.979. The van der Waals surface area contributed by atoms with Gasteiger partial charge < -0.3 is 19.4 Å². The molecule has 14 nitrogen and oxygen atoms in total. The van der Waals surface area contributed by atoms with Crippen molar-refractivity contribution in [3.63, 3.8) is 0 Å². The number of piperazine rings is 1. The molecule has 2 atom stereocenters. The summed E-state index contributed by atoms with van der Waals surface area (Å²) >= 11 is 6.16. The lowest BCUT2D eigenvalue weighted by Gasteiger charge is -2.54. The second kappa shape index (κ2) is 14.4. The van der Waals surface area contributed by atoms with E-state index in [0.717, 1.165) is 36.8 Å². The van der Waals surface area contributed by atoms with E-state index in [0.29, 0.717) is 64.3 Å². The predicted molar refractivity (Wildman–Crippen MR) is 203 cm³/mol. The number of halogens is 1. The number of hydrogen-bond donors (Lipinski definition) is 1. The first-order chi connectivity index (χ1) is 26.8. The molecule has 1 unspecified atom stereocenters. The first-order valence-corrected chi connectivity index (χ1v) is 19.1. The van der Waals surface area contributed by atoms with Crippen molar-refractivity contribution >= 4 is 52.7 Å². The summed E-state index contributed by atoms with van der Waals surface area (Å²) in [5.74, 6) is -1.68. The fourth-order valence-electron chi connectivity index (χ4n) is 8.18. The second-order valence-corrected chi connectivity index (χ2v) is 15.9. The molecule has 0 saturated carbocycles. The van der Waals surface area contributed by atoms with Crippen molar-refractivity contribution in [2.75, 3.05) is 50.7 Å². The van der Waals surface area contributed by atoms with Crippen molar-refractivity contribution in [2.45, 2.75) is 56.8 Å². The maximum atomic E-state index is 13.4. The zero-order valence-corrected chi connectivity index (χ0v) is 31.8. The summed E-state index contributed by atoms with van der Waals surface area (Å²) in [5, 5.41) is 11.7. The average molecular weight is 778 g/mol. The average Bonchev–Trinajstić information content (AvgIpc) is 3.16. The third-order valence-electron chi connectivity index (χ3n) is 11.8. The number of anilines is 1. The van der Waals surface area contributed by atoms with E-state index in [1.165, 1.54) is 0 Å². The molecule has 0 aliphatic carbocycles. The third-order valence-corrected chi connectivity index (χ3v) is 12.1. The van der Waals surface area contributed by atoms with Crippen LogP contribution in [0.15, 0.2) is 60.7 Å². The van der Waals surface area contributed by atoms with Crippen molar-refractivity contribution < 1.29 is 33.5 Å². The van der Waals surface area contributed by atoms with Gasteiger partial charge in [-0.1, -0.05) is 11.6 Å². The Morgan fingerprint density at radius 1 is 0.893 bits per heavy atom. The lowest BCUT2D eigenvalue weighted by Crippen LogP contribution is -2.71. The van der Waals surface area contributed by atoms with Gasteiger partial charge in [-0.25, -0.2) is 0 Å². The molecule has 56 heavy (non-hydrogen) atoms. The minimum Gasteiger partial charge on any atom is -0.486 e. The van der Waals surface area contributed by atoms with Crippen molar-refractivity contribution in [3.8, 4) is 11.8 Å². The Balaban J connectivity index is 0.806. The van der Waals surface area contributed by atoms with Crippen molar-refractivity contribution in [1.82, 2.24) is 24.9 Å².